The molecule has 4 rings (SSSR count). The van der Waals surface area contributed by atoms with E-state index in [1.807, 2.05) is 13.8 Å². The highest BCUT2D eigenvalue weighted by molar-refractivity contribution is 6.30. The lowest BCUT2D eigenvalue weighted by molar-refractivity contribution is -0.132. The van der Waals surface area contributed by atoms with Crippen molar-refractivity contribution in [1.82, 2.24) is 20.1 Å². The van der Waals surface area contributed by atoms with E-state index < -0.39 is 23.0 Å². The lowest BCUT2D eigenvalue weighted by atomic mass is 9.71. The number of anilines is 2. The van der Waals surface area contributed by atoms with Crippen LogP contribution in [0.15, 0.2) is 36.4 Å². The van der Waals surface area contributed by atoms with Gasteiger partial charge in [-0.1, -0.05) is 23.7 Å². The Labute approximate surface area is 201 Å². The predicted octanol–water partition coefficient (Wildman–Crippen LogP) is 4.49. The number of nitrogens with one attached hydrogen (secondary N) is 2. The van der Waals surface area contributed by atoms with Crippen LogP contribution in [0.5, 0.6) is 0 Å². The summed E-state index contributed by atoms with van der Waals surface area (Å²) in [4.78, 5) is 19.1. The number of carbonyl (C=O) groups excluding carboxylic acids is 1. The highest BCUT2D eigenvalue weighted by Crippen LogP contribution is 2.39. The molecule has 2 atom stereocenters. The van der Waals surface area contributed by atoms with Gasteiger partial charge in [-0.05, 0) is 51.4 Å². The first-order valence-electron chi connectivity index (χ1n) is 11.1. The van der Waals surface area contributed by atoms with Crippen molar-refractivity contribution in [2.45, 2.75) is 45.7 Å². The number of carbonyl (C=O) groups is 1. The maximum Gasteiger partial charge on any atom is 0.224 e. The molecule has 0 aliphatic carbocycles. The molecule has 180 valence electrons. The molecule has 34 heavy (non-hydrogen) atoms. The number of aromatic amines is 1. The zero-order chi connectivity index (χ0) is 24.5. The smallest absolute Gasteiger partial charge is 0.224 e. The Kier molecular flexibility index (Phi) is 6.86. The lowest BCUT2D eigenvalue weighted by Gasteiger charge is -2.44. The molecular weight excluding hydrogens is 462 g/mol. The summed E-state index contributed by atoms with van der Waals surface area (Å²) in [5.74, 6) is -0.450. The van der Waals surface area contributed by atoms with E-state index in [-0.39, 0.29) is 23.2 Å². The summed E-state index contributed by atoms with van der Waals surface area (Å²) >= 11 is 5.92. The minimum absolute atomic E-state index is 0.0764. The molecule has 0 radical (unpaired) electrons. The molecule has 1 saturated heterocycles. The van der Waals surface area contributed by atoms with Gasteiger partial charge in [0.15, 0.2) is 5.82 Å². The van der Waals surface area contributed by atoms with Crippen molar-refractivity contribution in [3.63, 3.8) is 0 Å². The normalized spacial score (nSPS) is 20.9. The molecule has 1 aliphatic rings. The van der Waals surface area contributed by atoms with Gasteiger partial charge >= 0.3 is 0 Å². The number of pyridine rings is 1. The van der Waals surface area contributed by atoms with Crippen LogP contribution in [0.25, 0.3) is 0 Å². The van der Waals surface area contributed by atoms with Gasteiger partial charge in [-0.25, -0.2) is 13.8 Å². The Morgan fingerprint density at radius 1 is 1.32 bits per heavy atom. The number of likely N-dealkylation sites (tertiary alicyclic amines) is 1. The fourth-order valence-electron chi connectivity index (χ4n) is 4.58. The van der Waals surface area contributed by atoms with Crippen LogP contribution in [0.1, 0.15) is 36.7 Å². The molecule has 0 unspecified atom stereocenters. The molecule has 10 heteroatoms. The Bertz CT molecular complexity index is 1200. The number of piperidine rings is 1. The standard InChI is InChI=1S/C24H27ClF2N6O/c1-14-10-21(32-31-14)30-20-7-6-18(26)19(29-20)12-24(23(28)34)8-9-33(15(2)11-24)13-16-4-3-5-17(25)22(16)27/h3-7,10,15H,8-9,11-13H2,1-2H3,(H2,28,34)(H2,29,30,31,32)/t15-,24-/m1/s1. The highest BCUT2D eigenvalue weighted by Gasteiger charge is 2.44. The second kappa shape index (κ2) is 9.68. The van der Waals surface area contributed by atoms with Crippen molar-refractivity contribution in [3.05, 3.63) is 70.0 Å². The van der Waals surface area contributed by atoms with Crippen LogP contribution >= 0.6 is 11.6 Å². The van der Waals surface area contributed by atoms with E-state index in [1.54, 1.807) is 18.2 Å². The largest absolute Gasteiger partial charge is 0.369 e. The summed E-state index contributed by atoms with van der Waals surface area (Å²) < 4.78 is 29.1. The quantitative estimate of drug-likeness (QED) is 0.455. The number of H-pyrrole nitrogens is 1. The number of halogens is 3. The molecule has 2 aromatic heterocycles. The van der Waals surface area contributed by atoms with E-state index in [1.165, 1.54) is 18.2 Å². The minimum Gasteiger partial charge on any atom is -0.369 e. The first kappa shape index (κ1) is 24.1. The van der Waals surface area contributed by atoms with Crippen molar-refractivity contribution in [3.8, 4) is 0 Å². The van der Waals surface area contributed by atoms with Gasteiger partial charge in [-0.15, -0.1) is 0 Å². The van der Waals surface area contributed by atoms with Crippen LogP contribution < -0.4 is 11.1 Å². The number of primary amides is 1. The first-order valence-corrected chi connectivity index (χ1v) is 11.5. The number of amides is 1. The van der Waals surface area contributed by atoms with Gasteiger partial charge < -0.3 is 11.1 Å². The second-order valence-corrected chi connectivity index (χ2v) is 9.40. The lowest BCUT2D eigenvalue weighted by Crippen LogP contribution is -2.52. The van der Waals surface area contributed by atoms with Crippen molar-refractivity contribution < 1.29 is 13.6 Å². The van der Waals surface area contributed by atoms with Crippen LogP contribution in [0, 0.1) is 24.0 Å². The number of benzene rings is 1. The fraction of sp³-hybridized carbons (Fsp3) is 0.375. The fourth-order valence-corrected chi connectivity index (χ4v) is 4.78. The summed E-state index contributed by atoms with van der Waals surface area (Å²) in [5, 5.41) is 10.0. The molecule has 1 amide bonds. The summed E-state index contributed by atoms with van der Waals surface area (Å²) in [6, 6.07) is 9.47. The molecular formula is C24H27ClF2N6O. The van der Waals surface area contributed by atoms with Crippen molar-refractivity contribution in [2.24, 2.45) is 11.1 Å². The third-order valence-electron chi connectivity index (χ3n) is 6.50. The number of nitrogens with two attached hydrogens (primary N) is 1. The topological polar surface area (TPSA) is 99.9 Å². The van der Waals surface area contributed by atoms with E-state index in [0.717, 1.165) is 5.69 Å². The van der Waals surface area contributed by atoms with Crippen LogP contribution in [0.2, 0.25) is 5.02 Å². The molecule has 1 aromatic carbocycles. The molecule has 0 spiro atoms. The van der Waals surface area contributed by atoms with Crippen molar-refractivity contribution in [2.75, 3.05) is 11.9 Å². The first-order chi connectivity index (χ1) is 16.2. The van der Waals surface area contributed by atoms with Crippen LogP contribution in [-0.4, -0.2) is 38.6 Å². The third-order valence-corrected chi connectivity index (χ3v) is 6.79. The Balaban J connectivity index is 1.52. The SMILES string of the molecule is Cc1cc(Nc2ccc(F)c(C[C@@]3(C(N)=O)CCN(Cc4cccc(Cl)c4F)[C@H](C)C3)n2)n[nH]1. The molecule has 4 N–H and O–H groups in total. The van der Waals surface area contributed by atoms with Crippen molar-refractivity contribution >= 4 is 29.1 Å². The van der Waals surface area contributed by atoms with Gasteiger partial charge in [0.1, 0.15) is 17.5 Å². The number of aromatic nitrogens is 3. The summed E-state index contributed by atoms with van der Waals surface area (Å²) in [7, 11) is 0. The van der Waals surface area contributed by atoms with E-state index >= 15 is 0 Å². The predicted molar refractivity (Wildman–Crippen MR) is 127 cm³/mol. The minimum atomic E-state index is -0.960. The average molecular weight is 489 g/mol. The molecule has 3 aromatic rings. The third kappa shape index (κ3) is 5.05. The van der Waals surface area contributed by atoms with Crippen molar-refractivity contribution in [1.29, 1.82) is 0 Å². The summed E-state index contributed by atoms with van der Waals surface area (Å²) in [6.45, 7) is 4.69. The monoisotopic (exact) mass is 488 g/mol. The molecule has 0 bridgehead atoms. The number of aryl methyl sites for hydroxylation is 1. The maximum absolute atomic E-state index is 14.7. The zero-order valence-corrected chi connectivity index (χ0v) is 19.8. The second-order valence-electron chi connectivity index (χ2n) is 8.99. The Morgan fingerprint density at radius 2 is 2.12 bits per heavy atom. The molecule has 7 nitrogen and oxygen atoms in total. The highest BCUT2D eigenvalue weighted by atomic mass is 35.5. The molecule has 1 aliphatic heterocycles. The summed E-state index contributed by atoms with van der Waals surface area (Å²) in [5.41, 5.74) is 6.42. The number of rotatable bonds is 7. The van der Waals surface area contributed by atoms with Gasteiger partial charge in [-0.2, -0.15) is 5.10 Å². The van der Waals surface area contributed by atoms with Crippen LogP contribution in [0.4, 0.5) is 20.4 Å². The van der Waals surface area contributed by atoms with Gasteiger partial charge in [-0.3, -0.25) is 14.8 Å². The number of hydrogen-bond donors (Lipinski definition) is 3. The van der Waals surface area contributed by atoms with E-state index in [4.69, 9.17) is 17.3 Å². The average Bonchev–Trinajstić information content (AvgIpc) is 3.20. The van der Waals surface area contributed by atoms with E-state index in [0.29, 0.717) is 43.1 Å². The number of hydrogen-bond acceptors (Lipinski definition) is 5. The van der Waals surface area contributed by atoms with Gasteiger partial charge in [0.25, 0.3) is 0 Å². The Hall–Kier alpha value is -3.04. The molecule has 0 saturated carbocycles. The van der Waals surface area contributed by atoms with Gasteiger partial charge in [0.2, 0.25) is 5.91 Å². The molecule has 1 fully saturated rings. The zero-order valence-electron chi connectivity index (χ0n) is 19.0. The summed E-state index contributed by atoms with van der Waals surface area (Å²) in [6.07, 6.45) is 0.890. The maximum atomic E-state index is 14.7. The van der Waals surface area contributed by atoms with Gasteiger partial charge in [0.05, 0.1) is 16.1 Å². The van der Waals surface area contributed by atoms with E-state index in [2.05, 4.69) is 25.4 Å². The van der Waals surface area contributed by atoms with E-state index in [9.17, 15) is 13.6 Å². The number of nitrogens with zero attached hydrogens (tertiary/aromatic N) is 3. The molecule has 3 heterocycles. The van der Waals surface area contributed by atoms with Crippen LogP contribution in [0.3, 0.4) is 0 Å². The Morgan fingerprint density at radius 3 is 2.79 bits per heavy atom. The van der Waals surface area contributed by atoms with Gasteiger partial charge in [0, 0.05) is 36.3 Å². The van der Waals surface area contributed by atoms with Crippen LogP contribution in [-0.2, 0) is 17.8 Å².